The van der Waals surface area contributed by atoms with Gasteiger partial charge in [0.15, 0.2) is 19.8 Å². The van der Waals surface area contributed by atoms with E-state index in [4.69, 9.17) is 17.3 Å². The summed E-state index contributed by atoms with van der Waals surface area (Å²) < 4.78 is 29.4. The van der Waals surface area contributed by atoms with E-state index in [-0.39, 0.29) is 11.3 Å². The molecule has 0 aliphatic rings. The number of thiazole rings is 2. The number of halogens is 1. The number of fused-ring (bicyclic) bond motifs is 6. The topological polar surface area (TPSA) is 132 Å². The van der Waals surface area contributed by atoms with Gasteiger partial charge in [0.1, 0.15) is 5.75 Å². The molecule has 0 fully saturated rings. The molecule has 0 saturated carbocycles. The molecule has 1 amide bonds. The van der Waals surface area contributed by atoms with Gasteiger partial charge in [0.2, 0.25) is 0 Å². The van der Waals surface area contributed by atoms with E-state index in [0.29, 0.717) is 9.92 Å². The fraction of sp³-hybridized carbons (Fsp3) is 0.0312. The molecule has 0 aliphatic heterocycles. The van der Waals surface area contributed by atoms with Crippen LogP contribution in [0.15, 0.2) is 102 Å². The fourth-order valence-electron chi connectivity index (χ4n) is 4.95. The van der Waals surface area contributed by atoms with Gasteiger partial charge in [-0.05, 0) is 60.7 Å². The summed E-state index contributed by atoms with van der Waals surface area (Å²) in [6, 6.07) is 25.5. The molecule has 4 heterocycles. The summed E-state index contributed by atoms with van der Waals surface area (Å²) in [5.41, 5.74) is 10.7. The van der Waals surface area contributed by atoms with Crippen LogP contribution in [0.25, 0.3) is 52.9 Å². The molecule has 0 bridgehead atoms. The Hall–Kier alpha value is -4.75. The number of phenols is 1. The van der Waals surface area contributed by atoms with Crippen LogP contribution in [-0.2, 0) is 9.84 Å². The summed E-state index contributed by atoms with van der Waals surface area (Å²) in [5.74, 6) is -0.784. The highest BCUT2D eigenvalue weighted by Crippen LogP contribution is 2.32. The summed E-state index contributed by atoms with van der Waals surface area (Å²) >= 11 is 8.99. The first-order valence-corrected chi connectivity index (χ1v) is 17.3. The molecule has 0 aliphatic carbocycles. The van der Waals surface area contributed by atoms with Crippen molar-refractivity contribution in [3.05, 3.63) is 108 Å². The lowest BCUT2D eigenvalue weighted by molar-refractivity contribution is 0.0997. The molecule has 224 valence electrons. The third-order valence-electron chi connectivity index (χ3n) is 7.19. The van der Waals surface area contributed by atoms with E-state index < -0.39 is 15.7 Å². The van der Waals surface area contributed by atoms with E-state index >= 15 is 0 Å². The maximum absolute atomic E-state index is 11.7. The Labute approximate surface area is 269 Å². The highest BCUT2D eigenvalue weighted by Gasteiger charge is 2.15. The Morgan fingerprint density at radius 1 is 0.800 bits per heavy atom. The number of nitrogens with zero attached hydrogens (tertiary/aromatic N) is 4. The molecule has 0 radical (unpaired) electrons. The van der Waals surface area contributed by atoms with Gasteiger partial charge in [-0.3, -0.25) is 13.6 Å². The van der Waals surface area contributed by atoms with Crippen molar-refractivity contribution in [2.75, 3.05) is 6.26 Å². The van der Waals surface area contributed by atoms with Crippen molar-refractivity contribution in [2.45, 2.75) is 4.90 Å². The van der Waals surface area contributed by atoms with Crippen molar-refractivity contribution < 1.29 is 18.3 Å². The van der Waals surface area contributed by atoms with Crippen LogP contribution in [0.2, 0.25) is 5.02 Å². The van der Waals surface area contributed by atoms with Crippen LogP contribution in [0.1, 0.15) is 10.4 Å². The lowest BCUT2D eigenvalue weighted by atomic mass is 10.1. The first-order valence-electron chi connectivity index (χ1n) is 13.4. The molecular formula is C32H22ClN5O4S3. The van der Waals surface area contributed by atoms with Gasteiger partial charge in [0.25, 0.3) is 5.91 Å². The maximum Gasteiger partial charge on any atom is 0.252 e. The highest BCUT2D eigenvalue weighted by molar-refractivity contribution is 7.90. The number of aromatic nitrogens is 4. The van der Waals surface area contributed by atoms with Crippen molar-refractivity contribution in [3.8, 4) is 28.3 Å². The molecule has 8 aromatic rings. The fourth-order valence-corrected chi connectivity index (χ4v) is 7.85. The number of carbonyl (C=O) groups excluding carboxylic acids is 1. The average Bonchev–Trinajstić information content (AvgIpc) is 3.76. The predicted molar refractivity (Wildman–Crippen MR) is 180 cm³/mol. The number of rotatable bonds is 4. The third kappa shape index (κ3) is 5.42. The van der Waals surface area contributed by atoms with Crippen molar-refractivity contribution in [3.63, 3.8) is 0 Å². The molecule has 4 aromatic carbocycles. The monoisotopic (exact) mass is 671 g/mol. The van der Waals surface area contributed by atoms with E-state index in [9.17, 15) is 18.3 Å². The van der Waals surface area contributed by atoms with Gasteiger partial charge < -0.3 is 10.8 Å². The minimum atomic E-state index is -3.21. The minimum absolute atomic E-state index is 0.0960. The summed E-state index contributed by atoms with van der Waals surface area (Å²) in [5, 5.41) is 10.4. The van der Waals surface area contributed by atoms with Gasteiger partial charge in [0, 0.05) is 34.8 Å². The summed E-state index contributed by atoms with van der Waals surface area (Å²) in [6.07, 6.45) is 5.09. The van der Waals surface area contributed by atoms with Gasteiger partial charge in [0.05, 0.1) is 42.3 Å². The van der Waals surface area contributed by atoms with Crippen LogP contribution in [0.4, 0.5) is 0 Å². The lowest BCUT2D eigenvalue weighted by Gasteiger charge is -2.02. The molecule has 0 atom stereocenters. The highest BCUT2D eigenvalue weighted by atomic mass is 35.5. The number of benzene rings is 4. The van der Waals surface area contributed by atoms with Crippen LogP contribution in [0, 0.1) is 0 Å². The molecule has 0 spiro atoms. The van der Waals surface area contributed by atoms with Gasteiger partial charge in [-0.1, -0.05) is 58.5 Å². The standard InChI is InChI=1S/C16H11ClN2O2S2.C16H11N3O2S/c1-23(20,21)12-6-7-14-15(8-12)22-16-18-13(9-19(14)16)10-2-4-11(17)5-3-10;17-15(21)10-7-9(5-6-13(10)20)11-8-19-12-3-1-2-4-14(12)22-16(19)18-11/h2-9H,1H3;1-8,20H,(H2,17,21). The molecule has 13 heteroatoms. The summed E-state index contributed by atoms with van der Waals surface area (Å²) in [4.78, 5) is 22.6. The van der Waals surface area contributed by atoms with Gasteiger partial charge in [-0.25, -0.2) is 18.4 Å². The van der Waals surface area contributed by atoms with Crippen LogP contribution in [-0.4, -0.2) is 44.5 Å². The lowest BCUT2D eigenvalue weighted by Crippen LogP contribution is -2.11. The smallest absolute Gasteiger partial charge is 0.252 e. The van der Waals surface area contributed by atoms with Crippen LogP contribution >= 0.6 is 34.3 Å². The zero-order valence-electron chi connectivity index (χ0n) is 23.4. The number of hydrogen-bond donors (Lipinski definition) is 2. The molecule has 9 nitrogen and oxygen atoms in total. The third-order valence-corrected chi connectivity index (χ3v) is 10.6. The van der Waals surface area contributed by atoms with E-state index in [0.717, 1.165) is 48.2 Å². The van der Waals surface area contributed by atoms with Crippen molar-refractivity contribution >= 4 is 80.4 Å². The van der Waals surface area contributed by atoms with Gasteiger partial charge in [-0.2, -0.15) is 0 Å². The van der Waals surface area contributed by atoms with E-state index in [2.05, 4.69) is 16.0 Å². The van der Waals surface area contributed by atoms with E-state index in [1.54, 1.807) is 35.6 Å². The number of para-hydroxylation sites is 1. The molecule has 45 heavy (non-hydrogen) atoms. The number of imidazole rings is 2. The van der Waals surface area contributed by atoms with Crippen molar-refractivity contribution in [1.29, 1.82) is 0 Å². The normalized spacial score (nSPS) is 11.8. The minimum Gasteiger partial charge on any atom is -0.507 e. The molecule has 0 unspecified atom stereocenters. The van der Waals surface area contributed by atoms with Gasteiger partial charge in [-0.15, -0.1) is 0 Å². The Kier molecular flexibility index (Phi) is 7.09. The number of sulfone groups is 1. The largest absolute Gasteiger partial charge is 0.507 e. The summed E-state index contributed by atoms with van der Waals surface area (Å²) in [6.45, 7) is 0. The number of hydrogen-bond acceptors (Lipinski definition) is 8. The first kappa shape index (κ1) is 29.0. The van der Waals surface area contributed by atoms with Crippen LogP contribution < -0.4 is 5.73 Å². The van der Waals surface area contributed by atoms with E-state index in [1.165, 1.54) is 28.4 Å². The van der Waals surface area contributed by atoms with Crippen molar-refractivity contribution in [1.82, 2.24) is 18.8 Å². The van der Waals surface area contributed by atoms with E-state index in [1.807, 2.05) is 69.7 Å². The SMILES string of the molecule is CS(=O)(=O)c1ccc2c(c1)sc1nc(-c3ccc(Cl)cc3)cn12.NC(=O)c1cc(-c2cn3c(n2)sc2ccccc23)ccc1O. The zero-order chi connectivity index (χ0) is 31.5. The summed E-state index contributed by atoms with van der Waals surface area (Å²) in [7, 11) is -3.21. The number of amides is 1. The Bertz CT molecular complexity index is 2530. The van der Waals surface area contributed by atoms with Gasteiger partial charge >= 0.3 is 0 Å². The zero-order valence-corrected chi connectivity index (χ0v) is 26.6. The number of carbonyl (C=O) groups is 1. The molecule has 0 saturated heterocycles. The Morgan fingerprint density at radius 2 is 1.40 bits per heavy atom. The second-order valence-corrected chi connectivity index (χ2v) is 14.7. The van der Waals surface area contributed by atoms with Crippen molar-refractivity contribution in [2.24, 2.45) is 5.73 Å². The Balaban J connectivity index is 0.000000145. The average molecular weight is 672 g/mol. The second kappa shape index (κ2) is 11.0. The maximum atomic E-state index is 11.7. The molecule has 4 aromatic heterocycles. The second-order valence-electron chi connectivity index (χ2n) is 10.2. The first-order chi connectivity index (χ1) is 21.5. The Morgan fingerprint density at radius 3 is 2.07 bits per heavy atom. The van der Waals surface area contributed by atoms with Crippen LogP contribution in [0.5, 0.6) is 5.75 Å². The molecule has 8 rings (SSSR count). The number of nitrogens with two attached hydrogens (primary N) is 1. The molecular weight excluding hydrogens is 650 g/mol. The predicted octanol–water partition coefficient (Wildman–Crippen LogP) is 7.29. The number of aromatic hydroxyl groups is 1. The quantitative estimate of drug-likeness (QED) is 0.202. The number of primary amides is 1. The van der Waals surface area contributed by atoms with Crippen LogP contribution in [0.3, 0.4) is 0 Å². The molecule has 3 N–H and O–H groups in total.